The number of hydrogen-bond acceptors (Lipinski definition) is 5. The molecule has 2 aromatic heterocycles. The van der Waals surface area contributed by atoms with Gasteiger partial charge in [-0.05, 0) is 51.5 Å². The van der Waals surface area contributed by atoms with E-state index in [1.54, 1.807) is 23.0 Å². The number of para-hydroxylation sites is 1. The molecule has 0 saturated carbocycles. The van der Waals surface area contributed by atoms with Crippen molar-refractivity contribution in [2.45, 2.75) is 56.6 Å². The summed E-state index contributed by atoms with van der Waals surface area (Å²) in [4.78, 5) is 30.4. The maximum Gasteiger partial charge on any atom is 0.262 e. The van der Waals surface area contributed by atoms with Gasteiger partial charge in [0, 0.05) is 5.54 Å². The van der Waals surface area contributed by atoms with E-state index in [1.807, 2.05) is 52.0 Å². The minimum atomic E-state index is -0.401. The number of aromatic nitrogens is 2. The number of carbonyl (C=O) groups is 1. The third-order valence-electron chi connectivity index (χ3n) is 4.72. The molecule has 0 spiro atoms. The van der Waals surface area contributed by atoms with E-state index in [-0.39, 0.29) is 23.6 Å². The molecule has 0 saturated heterocycles. The van der Waals surface area contributed by atoms with Gasteiger partial charge in [-0.25, -0.2) is 4.98 Å². The van der Waals surface area contributed by atoms with Crippen molar-refractivity contribution in [3.8, 4) is 0 Å². The number of benzene rings is 1. The Balaban J connectivity index is 1.96. The van der Waals surface area contributed by atoms with E-state index in [0.29, 0.717) is 21.8 Å². The molecular weight excluding hydrogens is 374 g/mol. The maximum absolute atomic E-state index is 13.1. The topological polar surface area (TPSA) is 77.1 Å². The summed E-state index contributed by atoms with van der Waals surface area (Å²) in [5, 5.41) is 3.69. The smallest absolute Gasteiger partial charge is 0.262 e. The lowest BCUT2D eigenvalue weighted by molar-refractivity contribution is -0.121. The summed E-state index contributed by atoms with van der Waals surface area (Å²) < 4.78 is 6.99. The summed E-state index contributed by atoms with van der Waals surface area (Å²) in [7, 11) is 0. The molecule has 6 nitrogen and oxygen atoms in total. The number of nitrogens with zero attached hydrogens (tertiary/aromatic N) is 2. The number of nitrogens with one attached hydrogen (secondary N) is 1. The van der Waals surface area contributed by atoms with E-state index in [1.165, 1.54) is 11.8 Å². The van der Waals surface area contributed by atoms with Gasteiger partial charge in [0.1, 0.15) is 5.76 Å². The Kier molecular flexibility index (Phi) is 5.93. The molecule has 3 rings (SSSR count). The van der Waals surface area contributed by atoms with Crippen LogP contribution < -0.4 is 10.9 Å². The Morgan fingerprint density at radius 3 is 2.71 bits per heavy atom. The summed E-state index contributed by atoms with van der Waals surface area (Å²) in [6.07, 6.45) is 2.40. The van der Waals surface area contributed by atoms with E-state index in [0.717, 1.165) is 6.42 Å². The van der Waals surface area contributed by atoms with Crippen molar-refractivity contribution >= 4 is 28.6 Å². The van der Waals surface area contributed by atoms with Crippen molar-refractivity contribution in [3.05, 3.63) is 58.8 Å². The Morgan fingerprint density at radius 2 is 2.04 bits per heavy atom. The zero-order chi connectivity index (χ0) is 20.3. The van der Waals surface area contributed by atoms with Crippen LogP contribution in [0.15, 0.2) is 57.0 Å². The quantitative estimate of drug-likeness (QED) is 0.483. The molecule has 7 heteroatoms. The second kappa shape index (κ2) is 8.22. The molecule has 1 amide bonds. The van der Waals surface area contributed by atoms with Gasteiger partial charge >= 0.3 is 0 Å². The summed E-state index contributed by atoms with van der Waals surface area (Å²) in [6, 6.07) is 10.8. The monoisotopic (exact) mass is 399 g/mol. The number of furan rings is 1. The van der Waals surface area contributed by atoms with Gasteiger partial charge in [-0.2, -0.15) is 0 Å². The maximum atomic E-state index is 13.1. The summed E-state index contributed by atoms with van der Waals surface area (Å²) in [6.45, 7) is 8.10. The number of fused-ring (bicyclic) bond motifs is 1. The molecule has 1 aromatic carbocycles. The van der Waals surface area contributed by atoms with Crippen LogP contribution in [0.5, 0.6) is 0 Å². The van der Waals surface area contributed by atoms with Crippen molar-refractivity contribution in [1.29, 1.82) is 0 Å². The van der Waals surface area contributed by atoms with Crippen molar-refractivity contribution in [2.24, 2.45) is 0 Å². The molecule has 1 N–H and O–H groups in total. The highest BCUT2D eigenvalue weighted by atomic mass is 32.2. The van der Waals surface area contributed by atoms with Crippen LogP contribution in [0.25, 0.3) is 10.9 Å². The molecule has 148 valence electrons. The lowest BCUT2D eigenvalue weighted by Crippen LogP contribution is -2.46. The first kappa shape index (κ1) is 20.2. The van der Waals surface area contributed by atoms with Crippen LogP contribution in [0.2, 0.25) is 0 Å². The third kappa shape index (κ3) is 4.47. The highest BCUT2D eigenvalue weighted by Crippen LogP contribution is 2.24. The van der Waals surface area contributed by atoms with Crippen LogP contribution in [0.1, 0.15) is 39.9 Å². The Morgan fingerprint density at radius 1 is 1.29 bits per heavy atom. The van der Waals surface area contributed by atoms with E-state index in [2.05, 4.69) is 10.3 Å². The lowest BCUT2D eigenvalue weighted by atomic mass is 10.0. The zero-order valence-corrected chi connectivity index (χ0v) is 17.4. The van der Waals surface area contributed by atoms with E-state index >= 15 is 0 Å². The van der Waals surface area contributed by atoms with Crippen LogP contribution in [-0.2, 0) is 11.3 Å². The van der Waals surface area contributed by atoms with Gasteiger partial charge in [0.05, 0.1) is 29.0 Å². The Bertz CT molecular complexity index is 1030. The van der Waals surface area contributed by atoms with Gasteiger partial charge in [-0.3, -0.25) is 14.2 Å². The number of amides is 1. The third-order valence-corrected chi connectivity index (χ3v) is 5.81. The average molecular weight is 400 g/mol. The second-order valence-corrected chi connectivity index (χ2v) is 8.68. The average Bonchev–Trinajstić information content (AvgIpc) is 3.17. The van der Waals surface area contributed by atoms with Crippen LogP contribution in [0.4, 0.5) is 0 Å². The molecule has 0 bridgehead atoms. The van der Waals surface area contributed by atoms with Gasteiger partial charge in [0.2, 0.25) is 5.91 Å². The molecule has 0 radical (unpaired) electrons. The van der Waals surface area contributed by atoms with Gasteiger partial charge in [-0.1, -0.05) is 30.8 Å². The van der Waals surface area contributed by atoms with Crippen LogP contribution in [-0.4, -0.2) is 26.2 Å². The Hall–Kier alpha value is -2.54. The highest BCUT2D eigenvalue weighted by molar-refractivity contribution is 8.00. The predicted molar refractivity (Wildman–Crippen MR) is 112 cm³/mol. The number of hydrogen-bond donors (Lipinski definition) is 1. The predicted octanol–water partition coefficient (Wildman–Crippen LogP) is 3.82. The van der Waals surface area contributed by atoms with Gasteiger partial charge in [-0.15, -0.1) is 0 Å². The van der Waals surface area contributed by atoms with Crippen LogP contribution in [0, 0.1) is 0 Å². The molecule has 2 heterocycles. The molecule has 28 heavy (non-hydrogen) atoms. The molecule has 1 unspecified atom stereocenters. The molecule has 0 aliphatic carbocycles. The fourth-order valence-corrected chi connectivity index (χ4v) is 3.58. The first-order valence-corrected chi connectivity index (χ1v) is 10.2. The Labute approximate surface area is 168 Å². The minimum Gasteiger partial charge on any atom is -0.467 e. The summed E-state index contributed by atoms with van der Waals surface area (Å²) >= 11 is 1.28. The molecule has 0 aliphatic rings. The summed E-state index contributed by atoms with van der Waals surface area (Å²) in [5.74, 6) is 0.578. The molecule has 1 atom stereocenters. The molecule has 0 fully saturated rings. The molecule has 3 aromatic rings. The van der Waals surface area contributed by atoms with E-state index < -0.39 is 5.25 Å². The van der Waals surface area contributed by atoms with E-state index in [9.17, 15) is 9.59 Å². The highest BCUT2D eigenvalue weighted by Gasteiger charge is 2.24. The van der Waals surface area contributed by atoms with Crippen LogP contribution >= 0.6 is 11.8 Å². The van der Waals surface area contributed by atoms with Crippen molar-refractivity contribution in [1.82, 2.24) is 14.9 Å². The van der Waals surface area contributed by atoms with Gasteiger partial charge in [0.15, 0.2) is 5.16 Å². The lowest BCUT2D eigenvalue weighted by Gasteiger charge is -2.26. The molecular formula is C21H25N3O3S. The largest absolute Gasteiger partial charge is 0.467 e. The fraction of sp³-hybridized carbons (Fsp3) is 0.381. The van der Waals surface area contributed by atoms with Crippen molar-refractivity contribution in [3.63, 3.8) is 0 Å². The fourth-order valence-electron chi connectivity index (χ4n) is 2.67. The van der Waals surface area contributed by atoms with Crippen molar-refractivity contribution in [2.75, 3.05) is 0 Å². The normalized spacial score (nSPS) is 12.9. The van der Waals surface area contributed by atoms with Gasteiger partial charge in [0.25, 0.3) is 5.56 Å². The van der Waals surface area contributed by atoms with Crippen LogP contribution in [0.3, 0.4) is 0 Å². The number of rotatable bonds is 7. The zero-order valence-electron chi connectivity index (χ0n) is 16.6. The number of carbonyl (C=O) groups excluding carboxylic acids is 1. The SMILES string of the molecule is CCC(C)(C)NC(=O)C(C)Sc1nc2ccccc2c(=O)n1Cc1ccco1. The van der Waals surface area contributed by atoms with E-state index in [4.69, 9.17) is 4.42 Å². The standard InChI is InChI=1S/C21H25N3O3S/c1-5-21(3,4)23-18(25)14(2)28-20-22-17-11-7-6-10-16(17)19(26)24(20)13-15-9-8-12-27-15/h6-12,14H,5,13H2,1-4H3,(H,23,25). The number of thioether (sulfide) groups is 1. The van der Waals surface area contributed by atoms with Gasteiger partial charge < -0.3 is 9.73 Å². The summed E-state index contributed by atoms with van der Waals surface area (Å²) in [5.41, 5.74) is 0.189. The molecule has 0 aliphatic heterocycles. The first-order valence-electron chi connectivity index (χ1n) is 9.31. The second-order valence-electron chi connectivity index (χ2n) is 7.37. The van der Waals surface area contributed by atoms with Crippen molar-refractivity contribution < 1.29 is 9.21 Å². The first-order chi connectivity index (χ1) is 13.3. The minimum absolute atomic E-state index is 0.0798.